The van der Waals surface area contributed by atoms with Gasteiger partial charge in [-0.1, -0.05) is 48.0 Å². The van der Waals surface area contributed by atoms with E-state index in [1.807, 2.05) is 0 Å². The molecule has 0 spiro atoms. The summed E-state index contributed by atoms with van der Waals surface area (Å²) in [4.78, 5) is 0. The summed E-state index contributed by atoms with van der Waals surface area (Å²) in [5, 5.41) is 45.3. The smallest absolute Gasteiger partial charge is 0.0497 e. The maximum absolute atomic E-state index is 13.8. The summed E-state index contributed by atoms with van der Waals surface area (Å²) in [5.41, 5.74) is -2.42. The molecule has 6 heteroatoms. The lowest BCUT2D eigenvalue weighted by atomic mass is 9.58. The van der Waals surface area contributed by atoms with Crippen molar-refractivity contribution >= 4 is 0 Å². The van der Waals surface area contributed by atoms with E-state index in [-0.39, 0.29) is 28.8 Å². The van der Waals surface area contributed by atoms with Crippen LogP contribution in [0, 0.1) is 41.4 Å². The molecule has 6 atom stereocenters. The molecule has 0 aliphatic carbocycles. The molecule has 0 aromatic heterocycles. The molecule has 3 rings (SSSR count). The fraction of sp³-hybridized carbons (Fsp3) is 1.00. The lowest BCUT2D eigenvalue weighted by Gasteiger charge is -2.59. The quantitative estimate of drug-likeness (QED) is 0.283. The zero-order valence-electron chi connectivity index (χ0n) is 30.3. The second-order valence-electron chi connectivity index (χ2n) is 18.7. The Balaban J connectivity index is 2.02. The summed E-state index contributed by atoms with van der Waals surface area (Å²) in [5.74, 6) is 2.60. The second-order valence-corrected chi connectivity index (χ2v) is 18.7. The summed E-state index contributed by atoms with van der Waals surface area (Å²) in [6.45, 7) is 32.6. The first-order valence-electron chi connectivity index (χ1n) is 17.3. The van der Waals surface area contributed by atoms with Crippen LogP contribution in [0.3, 0.4) is 0 Å². The zero-order valence-corrected chi connectivity index (χ0v) is 30.3. The Hall–Kier alpha value is -0.240. The third-order valence-electron chi connectivity index (χ3n) is 13.3. The minimum Gasteiger partial charge on any atom is -0.143 e. The lowest BCUT2D eigenvalue weighted by Crippen LogP contribution is -2.65. The summed E-state index contributed by atoms with van der Waals surface area (Å²) in [7, 11) is 0. The summed E-state index contributed by atoms with van der Waals surface area (Å²) in [6, 6.07) is 0. The summed E-state index contributed by atoms with van der Waals surface area (Å²) in [6.07, 6.45) is 7.69. The van der Waals surface area contributed by atoms with Crippen LogP contribution in [0.15, 0.2) is 0 Å². The van der Waals surface area contributed by atoms with Crippen molar-refractivity contribution in [2.75, 3.05) is 0 Å². The summed E-state index contributed by atoms with van der Waals surface area (Å²) < 4.78 is 0. The first kappa shape index (κ1) is 36.2. The third-order valence-corrected chi connectivity index (χ3v) is 13.3. The van der Waals surface area contributed by atoms with E-state index in [0.29, 0.717) is 23.7 Å². The average molecular weight is 591 g/mol. The molecule has 3 heterocycles. The Bertz CT molecular complexity index is 884. The van der Waals surface area contributed by atoms with Crippen molar-refractivity contribution in [1.29, 1.82) is 0 Å². The third kappa shape index (κ3) is 6.38. The topological polar surface area (TPSA) is 69.4 Å². The molecule has 0 N–H and O–H groups in total. The maximum Gasteiger partial charge on any atom is 0.0497 e. The fourth-order valence-electron chi connectivity index (χ4n) is 9.93. The lowest BCUT2D eigenvalue weighted by molar-refractivity contribution is -0.321. The maximum atomic E-state index is 13.8. The van der Waals surface area contributed by atoms with E-state index in [1.54, 1.807) is 0 Å². The van der Waals surface area contributed by atoms with E-state index in [4.69, 9.17) is 0 Å². The Morgan fingerprint density at radius 2 is 0.810 bits per heavy atom. The number of hydroxylamine groups is 6. The van der Waals surface area contributed by atoms with Crippen LogP contribution in [-0.4, -0.2) is 48.4 Å². The Morgan fingerprint density at radius 3 is 1.14 bits per heavy atom. The minimum absolute atomic E-state index is 0.257. The van der Waals surface area contributed by atoms with Crippen LogP contribution in [0.2, 0.25) is 0 Å². The monoisotopic (exact) mass is 591 g/mol. The van der Waals surface area contributed by atoms with Crippen LogP contribution in [0.25, 0.3) is 0 Å². The van der Waals surface area contributed by atoms with Gasteiger partial charge in [0.1, 0.15) is 0 Å². The van der Waals surface area contributed by atoms with E-state index >= 15 is 0 Å². The molecule has 3 aliphatic heterocycles. The van der Waals surface area contributed by atoms with Gasteiger partial charge in [0.25, 0.3) is 0 Å². The Morgan fingerprint density at radius 1 is 0.500 bits per heavy atom. The predicted octanol–water partition coefficient (Wildman–Crippen LogP) is 9.14. The van der Waals surface area contributed by atoms with E-state index in [0.717, 1.165) is 51.4 Å². The van der Waals surface area contributed by atoms with E-state index < -0.39 is 22.2 Å². The molecule has 0 aromatic rings. The SMILES string of the molecule is CC(C)C1(C)CC(CCC(C2CC(C)(C)N([O])C(C)(C(C)C)C2)C2CC(C)(C)N([O])C(C)(C(C)C)C2)CC(C)(C)N1[O]. The first-order valence-corrected chi connectivity index (χ1v) is 17.3. The van der Waals surface area contributed by atoms with Crippen molar-refractivity contribution in [3.63, 3.8) is 0 Å². The zero-order chi connectivity index (χ0) is 32.4. The second kappa shape index (κ2) is 11.8. The van der Waals surface area contributed by atoms with Gasteiger partial charge in [-0.3, -0.25) is 0 Å². The molecule has 0 amide bonds. The highest BCUT2D eigenvalue weighted by atomic mass is 16.5. The van der Waals surface area contributed by atoms with Gasteiger partial charge in [0.15, 0.2) is 0 Å². The number of hydrogen-bond acceptors (Lipinski definition) is 3. The van der Waals surface area contributed by atoms with E-state index in [1.165, 1.54) is 15.2 Å². The van der Waals surface area contributed by atoms with Crippen molar-refractivity contribution in [3.8, 4) is 0 Å². The molecule has 3 fully saturated rings. The molecule has 3 aliphatic rings. The van der Waals surface area contributed by atoms with Gasteiger partial charge in [-0.2, -0.15) is 0 Å². The van der Waals surface area contributed by atoms with Crippen molar-refractivity contribution in [1.82, 2.24) is 15.2 Å². The molecular formula is C36H68N3O3. The molecule has 0 saturated carbocycles. The molecule has 6 nitrogen and oxygen atoms in total. The van der Waals surface area contributed by atoms with Crippen LogP contribution < -0.4 is 0 Å². The molecular weight excluding hydrogens is 522 g/mol. The van der Waals surface area contributed by atoms with Crippen LogP contribution in [0.1, 0.15) is 155 Å². The van der Waals surface area contributed by atoms with Crippen molar-refractivity contribution in [3.05, 3.63) is 0 Å². The van der Waals surface area contributed by atoms with Gasteiger partial charge in [-0.15, -0.1) is 30.8 Å². The van der Waals surface area contributed by atoms with Crippen LogP contribution in [0.4, 0.5) is 0 Å². The van der Waals surface area contributed by atoms with Gasteiger partial charge in [0.2, 0.25) is 0 Å². The fourth-order valence-corrected chi connectivity index (χ4v) is 9.93. The molecule has 42 heavy (non-hydrogen) atoms. The normalized spacial score (nSPS) is 40.6. The molecule has 6 unspecified atom stereocenters. The first-order chi connectivity index (χ1) is 18.8. The number of rotatable bonds is 8. The molecule has 0 aromatic carbocycles. The van der Waals surface area contributed by atoms with Crippen molar-refractivity contribution in [2.45, 2.75) is 188 Å². The Kier molecular flexibility index (Phi) is 10.2. The highest BCUT2D eigenvalue weighted by molar-refractivity contribution is 5.07. The van der Waals surface area contributed by atoms with Crippen molar-refractivity contribution in [2.24, 2.45) is 41.4 Å². The molecule has 245 valence electrons. The number of hydrogen-bond donors (Lipinski definition) is 0. The van der Waals surface area contributed by atoms with Crippen LogP contribution >= 0.6 is 0 Å². The Labute approximate surface area is 260 Å². The predicted molar refractivity (Wildman–Crippen MR) is 170 cm³/mol. The highest BCUT2D eigenvalue weighted by Crippen LogP contribution is 2.55. The van der Waals surface area contributed by atoms with Crippen LogP contribution in [-0.2, 0) is 15.6 Å². The number of piperidine rings is 3. The minimum atomic E-state index is -0.428. The van der Waals surface area contributed by atoms with Crippen LogP contribution in [0.5, 0.6) is 0 Å². The van der Waals surface area contributed by atoms with Gasteiger partial charge in [0.05, 0.1) is 0 Å². The van der Waals surface area contributed by atoms with E-state index in [2.05, 4.69) is 104 Å². The van der Waals surface area contributed by atoms with Gasteiger partial charge in [-0.25, -0.2) is 0 Å². The molecule has 3 radical (unpaired) electrons. The average Bonchev–Trinajstić information content (AvgIpc) is 2.83. The largest absolute Gasteiger partial charge is 0.143 e. The van der Waals surface area contributed by atoms with Crippen molar-refractivity contribution < 1.29 is 15.6 Å². The standard InChI is InChI=1S/C36H68N3O3/c1-24(2)34(13)19-27(18-31(7,8)37(34)40)16-17-30(28-20-32(9,10)38(41)35(14,22-28)25(3)4)29-21-33(11,12)39(42)36(15,23-29)26(5)6/h24-30H,16-23H2,1-15H3. The van der Waals surface area contributed by atoms with E-state index in [9.17, 15) is 15.6 Å². The van der Waals surface area contributed by atoms with Gasteiger partial charge < -0.3 is 0 Å². The molecule has 3 saturated heterocycles. The molecule has 0 bridgehead atoms. The highest BCUT2D eigenvalue weighted by Gasteiger charge is 2.57. The van der Waals surface area contributed by atoms with Gasteiger partial charge in [-0.05, 0) is 149 Å². The number of nitrogens with zero attached hydrogens (tertiary/aromatic N) is 3. The summed E-state index contributed by atoms with van der Waals surface area (Å²) >= 11 is 0. The van der Waals surface area contributed by atoms with Gasteiger partial charge in [0, 0.05) is 33.2 Å². The van der Waals surface area contributed by atoms with Gasteiger partial charge >= 0.3 is 0 Å².